The molecule has 1 aliphatic rings. The van der Waals surface area contributed by atoms with Gasteiger partial charge in [-0.2, -0.15) is 0 Å². The van der Waals surface area contributed by atoms with Crippen LogP contribution in [0.2, 0.25) is 0 Å². The quantitative estimate of drug-likeness (QED) is 0.643. The summed E-state index contributed by atoms with van der Waals surface area (Å²) >= 11 is 0. The molecule has 0 aromatic carbocycles. The number of carbonyl (C=O) groups excluding carboxylic acids is 1. The fourth-order valence-electron chi connectivity index (χ4n) is 2.01. The molecule has 2 nitrogen and oxygen atoms in total. The first kappa shape index (κ1) is 11.5. The highest BCUT2D eigenvalue weighted by molar-refractivity contribution is 5.79. The average Bonchev–Trinajstić information content (AvgIpc) is 2.27. The Hall–Kier alpha value is -0.530. The van der Waals surface area contributed by atoms with Gasteiger partial charge in [0.1, 0.15) is 0 Å². The second kappa shape index (κ2) is 4.81. The summed E-state index contributed by atoms with van der Waals surface area (Å²) in [6.45, 7) is 6.13. The Balaban J connectivity index is 2.42. The monoisotopic (exact) mass is 197 g/mol. The summed E-state index contributed by atoms with van der Waals surface area (Å²) < 4.78 is 0. The minimum atomic E-state index is -0.0800. The topological polar surface area (TPSA) is 29.1 Å². The lowest BCUT2D eigenvalue weighted by molar-refractivity contribution is -0.126. The minimum absolute atomic E-state index is 0.0800. The summed E-state index contributed by atoms with van der Waals surface area (Å²) in [5, 5.41) is 3.08. The molecule has 14 heavy (non-hydrogen) atoms. The van der Waals surface area contributed by atoms with Crippen LogP contribution in [-0.4, -0.2) is 11.4 Å². The zero-order chi connectivity index (χ0) is 10.6. The molecule has 0 aliphatic heterocycles. The fraction of sp³-hybridized carbons (Fsp3) is 0.917. The summed E-state index contributed by atoms with van der Waals surface area (Å²) in [6.07, 6.45) is 7.23. The molecule has 0 radical (unpaired) electrons. The van der Waals surface area contributed by atoms with E-state index in [-0.39, 0.29) is 17.4 Å². The first-order valence-electron chi connectivity index (χ1n) is 5.81. The highest BCUT2D eigenvalue weighted by atomic mass is 16.2. The average molecular weight is 197 g/mol. The second-order valence-electron chi connectivity index (χ2n) is 5.43. The molecule has 1 aliphatic carbocycles. The Bertz CT molecular complexity index is 185. The Labute approximate surface area is 87.5 Å². The molecule has 0 bridgehead atoms. The molecule has 0 saturated heterocycles. The van der Waals surface area contributed by atoms with Crippen LogP contribution in [0.25, 0.3) is 0 Å². The first-order valence-corrected chi connectivity index (χ1v) is 5.81. The summed E-state index contributed by atoms with van der Waals surface area (Å²) in [5.41, 5.74) is -0.0800. The molecule has 1 rings (SSSR count). The van der Waals surface area contributed by atoms with Crippen LogP contribution in [0.4, 0.5) is 0 Å². The molecule has 0 unspecified atom stereocenters. The summed E-state index contributed by atoms with van der Waals surface area (Å²) in [7, 11) is 0. The lowest BCUT2D eigenvalue weighted by Crippen LogP contribution is -2.43. The summed E-state index contributed by atoms with van der Waals surface area (Å²) in [6, 6.07) is 0. The third-order valence-electron chi connectivity index (χ3n) is 2.72. The Morgan fingerprint density at radius 2 is 1.57 bits per heavy atom. The highest BCUT2D eigenvalue weighted by Gasteiger charge is 2.23. The zero-order valence-electron chi connectivity index (χ0n) is 9.73. The van der Waals surface area contributed by atoms with Crippen LogP contribution < -0.4 is 5.32 Å². The predicted octanol–water partition coefficient (Wildman–Crippen LogP) is 2.87. The molecule has 0 atom stereocenters. The van der Waals surface area contributed by atoms with Crippen molar-refractivity contribution in [3.05, 3.63) is 0 Å². The normalized spacial score (nSPS) is 20.2. The third-order valence-corrected chi connectivity index (χ3v) is 2.72. The third kappa shape index (κ3) is 4.12. The molecule has 0 aromatic heterocycles. The number of hydrogen-bond donors (Lipinski definition) is 1. The van der Waals surface area contributed by atoms with E-state index in [9.17, 15) is 4.79 Å². The van der Waals surface area contributed by atoms with Crippen LogP contribution >= 0.6 is 0 Å². The Morgan fingerprint density at radius 3 is 2.00 bits per heavy atom. The highest BCUT2D eigenvalue weighted by Crippen LogP contribution is 2.23. The van der Waals surface area contributed by atoms with Gasteiger partial charge in [-0.3, -0.25) is 4.79 Å². The summed E-state index contributed by atoms with van der Waals surface area (Å²) in [5.74, 6) is 0.538. The van der Waals surface area contributed by atoms with E-state index < -0.39 is 0 Å². The van der Waals surface area contributed by atoms with Gasteiger partial charge in [0, 0.05) is 11.5 Å². The molecule has 0 heterocycles. The molecule has 1 fully saturated rings. The fourth-order valence-corrected chi connectivity index (χ4v) is 2.01. The van der Waals surface area contributed by atoms with Crippen molar-refractivity contribution in [3.63, 3.8) is 0 Å². The van der Waals surface area contributed by atoms with E-state index in [1.54, 1.807) is 0 Å². The van der Waals surface area contributed by atoms with Crippen molar-refractivity contribution in [1.82, 2.24) is 5.32 Å². The molecule has 1 saturated carbocycles. The maximum absolute atomic E-state index is 11.9. The number of nitrogens with one attached hydrogen (secondary N) is 1. The van der Waals surface area contributed by atoms with E-state index in [0.717, 1.165) is 12.8 Å². The molecule has 82 valence electrons. The molecule has 1 N–H and O–H groups in total. The minimum Gasteiger partial charge on any atom is -0.351 e. The van der Waals surface area contributed by atoms with E-state index in [4.69, 9.17) is 0 Å². The Morgan fingerprint density at radius 1 is 1.07 bits per heavy atom. The van der Waals surface area contributed by atoms with Gasteiger partial charge >= 0.3 is 0 Å². The van der Waals surface area contributed by atoms with E-state index in [1.807, 2.05) is 20.8 Å². The predicted molar refractivity (Wildman–Crippen MR) is 59.1 cm³/mol. The number of carbonyl (C=O) groups is 1. The van der Waals surface area contributed by atoms with Gasteiger partial charge in [0.05, 0.1) is 0 Å². The van der Waals surface area contributed by atoms with Gasteiger partial charge in [-0.05, 0) is 33.6 Å². The zero-order valence-corrected chi connectivity index (χ0v) is 9.73. The number of rotatable bonds is 1. The maximum Gasteiger partial charge on any atom is 0.223 e. The van der Waals surface area contributed by atoms with Crippen molar-refractivity contribution in [1.29, 1.82) is 0 Å². The lowest BCUT2D eigenvalue weighted by atomic mass is 9.97. The van der Waals surface area contributed by atoms with E-state index in [0.29, 0.717) is 0 Å². The smallest absolute Gasteiger partial charge is 0.223 e. The van der Waals surface area contributed by atoms with Crippen molar-refractivity contribution < 1.29 is 4.79 Å². The molecular weight excluding hydrogens is 174 g/mol. The van der Waals surface area contributed by atoms with Gasteiger partial charge in [-0.25, -0.2) is 0 Å². The van der Waals surface area contributed by atoms with Gasteiger partial charge in [0.15, 0.2) is 0 Å². The maximum atomic E-state index is 11.9. The van der Waals surface area contributed by atoms with Gasteiger partial charge in [0.2, 0.25) is 5.91 Å². The van der Waals surface area contributed by atoms with Crippen molar-refractivity contribution in [3.8, 4) is 0 Å². The first-order chi connectivity index (χ1) is 6.49. The molecule has 2 heteroatoms. The van der Waals surface area contributed by atoms with Gasteiger partial charge in [-0.15, -0.1) is 0 Å². The molecule has 1 amide bonds. The largest absolute Gasteiger partial charge is 0.351 e. The summed E-state index contributed by atoms with van der Waals surface area (Å²) in [4.78, 5) is 11.9. The number of amides is 1. The van der Waals surface area contributed by atoms with Crippen LogP contribution in [0.15, 0.2) is 0 Å². The van der Waals surface area contributed by atoms with Crippen LogP contribution in [0.1, 0.15) is 59.3 Å². The van der Waals surface area contributed by atoms with E-state index in [2.05, 4.69) is 5.32 Å². The van der Waals surface area contributed by atoms with Gasteiger partial charge in [-0.1, -0.05) is 25.7 Å². The van der Waals surface area contributed by atoms with Crippen LogP contribution in [0.3, 0.4) is 0 Å². The van der Waals surface area contributed by atoms with Crippen LogP contribution in [0, 0.1) is 5.92 Å². The molecular formula is C12H23NO. The second-order valence-corrected chi connectivity index (χ2v) is 5.43. The van der Waals surface area contributed by atoms with Gasteiger partial charge in [0.25, 0.3) is 0 Å². The van der Waals surface area contributed by atoms with Crippen LogP contribution in [-0.2, 0) is 4.79 Å². The van der Waals surface area contributed by atoms with E-state index in [1.165, 1.54) is 25.7 Å². The SMILES string of the molecule is CC(C)(C)NC(=O)C1CCCCCC1. The number of hydrogen-bond acceptors (Lipinski definition) is 1. The van der Waals surface area contributed by atoms with Crippen molar-refractivity contribution in [2.24, 2.45) is 5.92 Å². The van der Waals surface area contributed by atoms with Crippen LogP contribution in [0.5, 0.6) is 0 Å². The van der Waals surface area contributed by atoms with Crippen molar-refractivity contribution in [2.45, 2.75) is 64.8 Å². The van der Waals surface area contributed by atoms with Crippen molar-refractivity contribution >= 4 is 5.91 Å². The van der Waals surface area contributed by atoms with Gasteiger partial charge < -0.3 is 5.32 Å². The Kier molecular flexibility index (Phi) is 3.97. The molecule has 0 spiro atoms. The van der Waals surface area contributed by atoms with E-state index >= 15 is 0 Å². The lowest BCUT2D eigenvalue weighted by Gasteiger charge is -2.24. The van der Waals surface area contributed by atoms with Crippen molar-refractivity contribution in [2.75, 3.05) is 0 Å². The standard InChI is InChI=1S/C12H23NO/c1-12(2,3)13-11(14)10-8-6-4-5-7-9-10/h10H,4-9H2,1-3H3,(H,13,14). The molecule has 0 aromatic rings.